The van der Waals surface area contributed by atoms with Gasteiger partial charge in [-0.15, -0.1) is 0 Å². The topological polar surface area (TPSA) is 106 Å². The summed E-state index contributed by atoms with van der Waals surface area (Å²) >= 11 is 0. The molecule has 0 amide bonds. The molecule has 0 saturated heterocycles. The van der Waals surface area contributed by atoms with Crippen LogP contribution in [-0.4, -0.2) is 4.98 Å². The van der Waals surface area contributed by atoms with E-state index in [2.05, 4.69) is 4.98 Å². The fourth-order valence-electron chi connectivity index (χ4n) is 2.21. The van der Waals surface area contributed by atoms with Gasteiger partial charge in [0.15, 0.2) is 0 Å². The lowest BCUT2D eigenvalue weighted by atomic mass is 9.92. The van der Waals surface area contributed by atoms with E-state index in [1.165, 1.54) is 0 Å². The van der Waals surface area contributed by atoms with Gasteiger partial charge < -0.3 is 10.7 Å². The van der Waals surface area contributed by atoms with Gasteiger partial charge in [-0.2, -0.15) is 10.5 Å². The zero-order chi connectivity index (χ0) is 14.9. The van der Waals surface area contributed by atoms with Crippen molar-refractivity contribution in [2.45, 2.75) is 13.8 Å². The molecule has 20 heavy (non-hydrogen) atoms. The highest BCUT2D eigenvalue weighted by Crippen LogP contribution is 2.30. The molecule has 0 aliphatic rings. The summed E-state index contributed by atoms with van der Waals surface area (Å²) in [6, 6.07) is 9.40. The third-order valence-electron chi connectivity index (χ3n) is 3.12. The summed E-state index contributed by atoms with van der Waals surface area (Å²) < 4.78 is 0. The van der Waals surface area contributed by atoms with Crippen molar-refractivity contribution in [2.75, 3.05) is 5.73 Å². The number of nitrogen functional groups attached to an aromatic ring is 1. The predicted molar refractivity (Wildman–Crippen MR) is 75.8 cm³/mol. The number of rotatable bonds is 1. The van der Waals surface area contributed by atoms with Crippen LogP contribution in [0, 0.1) is 36.5 Å². The minimum atomic E-state index is -0.584. The van der Waals surface area contributed by atoms with Crippen LogP contribution >= 0.6 is 0 Å². The van der Waals surface area contributed by atoms with Crippen molar-refractivity contribution < 1.29 is 0 Å². The Balaban J connectivity index is 2.97. The first kappa shape index (κ1) is 13.4. The Morgan fingerprint density at radius 1 is 1.15 bits per heavy atom. The van der Waals surface area contributed by atoms with Crippen molar-refractivity contribution in [3.05, 3.63) is 50.8 Å². The molecule has 0 unspecified atom stereocenters. The van der Waals surface area contributed by atoms with Crippen LogP contribution in [-0.2, 0) is 0 Å². The fourth-order valence-corrected chi connectivity index (χ4v) is 2.21. The zero-order valence-corrected chi connectivity index (χ0v) is 11.1. The maximum Gasteiger partial charge on any atom is 0.268 e. The molecular formula is C15H12N4O. The first-order valence-electron chi connectivity index (χ1n) is 5.93. The summed E-state index contributed by atoms with van der Waals surface area (Å²) in [6.45, 7) is 3.81. The number of aromatic amines is 1. The Morgan fingerprint density at radius 3 is 2.35 bits per heavy atom. The lowest BCUT2D eigenvalue weighted by molar-refractivity contribution is 1.21. The van der Waals surface area contributed by atoms with Gasteiger partial charge in [-0.3, -0.25) is 4.79 Å². The molecule has 0 bridgehead atoms. The number of nitrogens with zero attached hydrogens (tertiary/aromatic N) is 2. The number of aryl methyl sites for hydroxylation is 2. The minimum Gasteiger partial charge on any atom is -0.384 e. The summed E-state index contributed by atoms with van der Waals surface area (Å²) in [6.07, 6.45) is 0. The van der Waals surface area contributed by atoms with Gasteiger partial charge in [-0.1, -0.05) is 23.8 Å². The summed E-state index contributed by atoms with van der Waals surface area (Å²) in [4.78, 5) is 14.2. The lowest BCUT2D eigenvalue weighted by Crippen LogP contribution is -2.16. The van der Waals surface area contributed by atoms with Crippen LogP contribution in [0.2, 0.25) is 0 Å². The van der Waals surface area contributed by atoms with Gasteiger partial charge in [0.2, 0.25) is 0 Å². The van der Waals surface area contributed by atoms with Crippen LogP contribution in [0.1, 0.15) is 22.3 Å². The maximum absolute atomic E-state index is 11.8. The van der Waals surface area contributed by atoms with Gasteiger partial charge in [0.25, 0.3) is 5.56 Å². The molecule has 0 aliphatic heterocycles. The van der Waals surface area contributed by atoms with Crippen molar-refractivity contribution in [3.63, 3.8) is 0 Å². The molecular weight excluding hydrogens is 252 g/mol. The first-order chi connectivity index (χ1) is 9.49. The smallest absolute Gasteiger partial charge is 0.268 e. The minimum absolute atomic E-state index is 0.0218. The molecule has 0 aliphatic carbocycles. The number of nitriles is 2. The molecule has 0 fully saturated rings. The number of nitrogens with two attached hydrogens (primary N) is 1. The van der Waals surface area contributed by atoms with Crippen LogP contribution in [0.15, 0.2) is 23.0 Å². The Morgan fingerprint density at radius 2 is 1.80 bits per heavy atom. The van der Waals surface area contributed by atoms with Crippen molar-refractivity contribution >= 4 is 5.82 Å². The number of benzene rings is 1. The van der Waals surface area contributed by atoms with Crippen molar-refractivity contribution in [1.29, 1.82) is 10.5 Å². The second-order valence-corrected chi connectivity index (χ2v) is 4.53. The van der Waals surface area contributed by atoms with Gasteiger partial charge in [-0.25, -0.2) is 0 Å². The number of hydrogen-bond donors (Lipinski definition) is 2. The summed E-state index contributed by atoms with van der Waals surface area (Å²) in [7, 11) is 0. The van der Waals surface area contributed by atoms with Crippen molar-refractivity contribution in [1.82, 2.24) is 4.98 Å². The zero-order valence-electron chi connectivity index (χ0n) is 11.1. The Bertz CT molecular complexity index is 835. The van der Waals surface area contributed by atoms with E-state index in [0.29, 0.717) is 11.1 Å². The quantitative estimate of drug-likeness (QED) is 0.821. The second kappa shape index (κ2) is 4.91. The normalized spacial score (nSPS) is 9.80. The number of nitrogens with one attached hydrogen (secondary N) is 1. The largest absolute Gasteiger partial charge is 0.384 e. The van der Waals surface area contributed by atoms with Crippen molar-refractivity contribution in [3.8, 4) is 23.3 Å². The molecule has 0 atom stereocenters. The van der Waals surface area contributed by atoms with Gasteiger partial charge in [0.05, 0.1) is 0 Å². The number of aromatic nitrogens is 1. The van der Waals surface area contributed by atoms with Crippen molar-refractivity contribution in [2.24, 2.45) is 0 Å². The molecule has 2 aromatic rings. The molecule has 1 heterocycles. The third kappa shape index (κ3) is 2.02. The Labute approximate surface area is 115 Å². The predicted octanol–water partition coefficient (Wildman–Crippen LogP) is 1.98. The van der Waals surface area contributed by atoms with Crippen LogP contribution in [0.3, 0.4) is 0 Å². The van der Waals surface area contributed by atoms with E-state index in [-0.39, 0.29) is 16.9 Å². The number of pyridine rings is 1. The average molecular weight is 264 g/mol. The van der Waals surface area contributed by atoms with E-state index in [4.69, 9.17) is 5.73 Å². The monoisotopic (exact) mass is 264 g/mol. The molecule has 5 heteroatoms. The van der Waals surface area contributed by atoms with Crippen LogP contribution in [0.4, 0.5) is 5.82 Å². The van der Waals surface area contributed by atoms with E-state index in [0.717, 1.165) is 11.1 Å². The van der Waals surface area contributed by atoms with E-state index in [9.17, 15) is 15.3 Å². The highest BCUT2D eigenvalue weighted by molar-refractivity contribution is 5.81. The van der Waals surface area contributed by atoms with Gasteiger partial charge in [-0.05, 0) is 25.0 Å². The Kier molecular flexibility index (Phi) is 3.28. The van der Waals surface area contributed by atoms with E-state index in [1.54, 1.807) is 6.07 Å². The first-order valence-corrected chi connectivity index (χ1v) is 5.93. The van der Waals surface area contributed by atoms with E-state index >= 15 is 0 Å². The molecule has 0 saturated carbocycles. The van der Waals surface area contributed by atoms with Gasteiger partial charge in [0.1, 0.15) is 29.1 Å². The lowest BCUT2D eigenvalue weighted by Gasteiger charge is -2.11. The highest BCUT2D eigenvalue weighted by atomic mass is 16.1. The van der Waals surface area contributed by atoms with Crippen LogP contribution in [0.5, 0.6) is 0 Å². The number of H-pyrrole nitrogens is 1. The molecule has 5 nitrogen and oxygen atoms in total. The summed E-state index contributed by atoms with van der Waals surface area (Å²) in [5.74, 6) is -0.0218. The van der Waals surface area contributed by atoms with E-state index in [1.807, 2.05) is 38.1 Å². The molecule has 1 aromatic heterocycles. The molecule has 1 aromatic carbocycles. The van der Waals surface area contributed by atoms with Crippen LogP contribution in [0.25, 0.3) is 11.1 Å². The highest BCUT2D eigenvalue weighted by Gasteiger charge is 2.19. The second-order valence-electron chi connectivity index (χ2n) is 4.53. The average Bonchev–Trinajstić information content (AvgIpc) is 2.38. The Hall–Kier alpha value is -3.05. The summed E-state index contributed by atoms with van der Waals surface area (Å²) in [5.41, 5.74) is 8.03. The summed E-state index contributed by atoms with van der Waals surface area (Å²) in [5, 5.41) is 18.5. The van der Waals surface area contributed by atoms with Gasteiger partial charge >= 0.3 is 0 Å². The van der Waals surface area contributed by atoms with E-state index < -0.39 is 5.56 Å². The maximum atomic E-state index is 11.8. The molecule has 0 spiro atoms. The number of hydrogen-bond acceptors (Lipinski definition) is 4. The standard InChI is InChI=1S/C15H12N4O/c1-8-3-4-10(9(2)5-8)13-11(6-16)14(18)19-15(20)12(13)7-17/h3-5H,1-2H3,(H3,18,19,20). The SMILES string of the molecule is Cc1ccc(-c2c(C#N)c(N)[nH]c(=O)c2C#N)c(C)c1. The molecule has 2 rings (SSSR count). The molecule has 3 N–H and O–H groups in total. The fraction of sp³-hybridized carbons (Fsp3) is 0.133. The van der Waals surface area contributed by atoms with Crippen LogP contribution < -0.4 is 11.3 Å². The third-order valence-corrected chi connectivity index (χ3v) is 3.12. The van der Waals surface area contributed by atoms with Gasteiger partial charge in [0, 0.05) is 5.56 Å². The number of anilines is 1. The molecule has 0 radical (unpaired) electrons. The molecule has 98 valence electrons.